The molecular formula is C27H26F3NO5S. The van der Waals surface area contributed by atoms with Crippen molar-refractivity contribution in [2.45, 2.75) is 49.9 Å². The number of hydrogen-bond donors (Lipinski definition) is 1. The lowest BCUT2D eigenvalue weighted by Crippen LogP contribution is -2.36. The second-order valence-corrected chi connectivity index (χ2v) is 11.5. The molecule has 0 aliphatic carbocycles. The summed E-state index contributed by atoms with van der Waals surface area (Å²) in [4.78, 5) is 11.5. The third-order valence-electron chi connectivity index (χ3n) is 6.20. The molecule has 0 amide bonds. The van der Waals surface area contributed by atoms with Gasteiger partial charge in [0.25, 0.3) is 0 Å². The smallest absolute Gasteiger partial charge is 0.416 e. The molecule has 3 aromatic rings. The Morgan fingerprint density at radius 2 is 1.73 bits per heavy atom. The van der Waals surface area contributed by atoms with Crippen LogP contribution in [0.3, 0.4) is 0 Å². The molecular weight excluding hydrogens is 507 g/mol. The number of sulfonamides is 1. The van der Waals surface area contributed by atoms with Gasteiger partial charge in [-0.15, -0.1) is 0 Å². The molecule has 4 rings (SSSR count). The van der Waals surface area contributed by atoms with E-state index in [9.17, 15) is 31.5 Å². The molecule has 1 aliphatic heterocycles. The summed E-state index contributed by atoms with van der Waals surface area (Å²) >= 11 is 0. The van der Waals surface area contributed by atoms with Crippen LogP contribution in [0.2, 0.25) is 0 Å². The van der Waals surface area contributed by atoms with Gasteiger partial charge in [0, 0.05) is 6.54 Å². The summed E-state index contributed by atoms with van der Waals surface area (Å²) < 4.78 is 72.8. The van der Waals surface area contributed by atoms with E-state index >= 15 is 0 Å². The van der Waals surface area contributed by atoms with Crippen LogP contribution in [0.1, 0.15) is 37.0 Å². The Labute approximate surface area is 213 Å². The van der Waals surface area contributed by atoms with Gasteiger partial charge < -0.3 is 9.84 Å². The fourth-order valence-corrected chi connectivity index (χ4v) is 5.63. The maximum absolute atomic E-state index is 13.4. The van der Waals surface area contributed by atoms with Crippen LogP contribution < -0.4 is 4.74 Å². The Hall–Kier alpha value is -3.37. The van der Waals surface area contributed by atoms with E-state index in [0.29, 0.717) is 35.3 Å². The molecule has 10 heteroatoms. The highest BCUT2D eigenvalue weighted by atomic mass is 32.2. The Kier molecular flexibility index (Phi) is 7.09. The van der Waals surface area contributed by atoms with Crippen LogP contribution in [0.4, 0.5) is 13.2 Å². The summed E-state index contributed by atoms with van der Waals surface area (Å²) in [5, 5.41) is 9.39. The third-order valence-corrected chi connectivity index (χ3v) is 7.99. The Morgan fingerprint density at radius 3 is 2.38 bits per heavy atom. The number of hydrogen-bond acceptors (Lipinski definition) is 4. The molecule has 0 saturated carbocycles. The van der Waals surface area contributed by atoms with Gasteiger partial charge in [0.2, 0.25) is 10.0 Å². The van der Waals surface area contributed by atoms with Gasteiger partial charge in [-0.3, -0.25) is 4.79 Å². The molecule has 3 aromatic carbocycles. The van der Waals surface area contributed by atoms with Gasteiger partial charge in [0.1, 0.15) is 17.9 Å². The lowest BCUT2D eigenvalue weighted by molar-refractivity contribution is -0.138. The van der Waals surface area contributed by atoms with E-state index < -0.39 is 34.3 Å². The summed E-state index contributed by atoms with van der Waals surface area (Å²) in [5.41, 5.74) is 0.968. The number of nitrogens with zero attached hydrogens (tertiary/aromatic N) is 1. The molecule has 0 saturated heterocycles. The maximum atomic E-state index is 13.4. The van der Waals surface area contributed by atoms with E-state index in [4.69, 9.17) is 4.74 Å². The number of rotatable bonds is 7. The summed E-state index contributed by atoms with van der Waals surface area (Å²) in [7, 11) is -4.17. The van der Waals surface area contributed by atoms with Gasteiger partial charge >= 0.3 is 12.1 Å². The number of halogens is 3. The third kappa shape index (κ3) is 6.14. The number of carboxylic acids is 1. The van der Waals surface area contributed by atoms with E-state index in [1.807, 2.05) is 13.8 Å². The van der Waals surface area contributed by atoms with Gasteiger partial charge in [-0.05, 0) is 79.3 Å². The highest BCUT2D eigenvalue weighted by Crippen LogP contribution is 2.35. The average molecular weight is 534 g/mol. The van der Waals surface area contributed by atoms with Crippen molar-refractivity contribution < 1.29 is 36.2 Å². The number of carbonyl (C=O) groups is 1. The number of benzene rings is 3. The summed E-state index contributed by atoms with van der Waals surface area (Å²) in [6.45, 7) is 2.93. The van der Waals surface area contributed by atoms with Crippen molar-refractivity contribution in [1.29, 1.82) is 0 Å². The molecule has 0 radical (unpaired) electrons. The molecule has 1 aliphatic rings. The molecule has 0 unspecified atom stereocenters. The van der Waals surface area contributed by atoms with Gasteiger partial charge in [0.05, 0.1) is 10.5 Å². The molecule has 6 nitrogen and oxygen atoms in total. The maximum Gasteiger partial charge on any atom is 0.416 e. The largest absolute Gasteiger partial charge is 0.488 e. The van der Waals surface area contributed by atoms with Crippen LogP contribution in [-0.4, -0.2) is 35.9 Å². The summed E-state index contributed by atoms with van der Waals surface area (Å²) in [5.74, 6) is -0.711. The molecule has 0 aromatic heterocycles. The molecule has 1 heterocycles. The van der Waals surface area contributed by atoms with Crippen LogP contribution in [0.5, 0.6) is 5.75 Å². The average Bonchev–Trinajstić information content (AvgIpc) is 2.82. The Morgan fingerprint density at radius 1 is 1.03 bits per heavy atom. The fraction of sp³-hybridized carbons (Fsp3) is 0.296. The number of ether oxygens (including phenoxy) is 1. The minimum Gasteiger partial charge on any atom is -0.488 e. The van der Waals surface area contributed by atoms with Crippen LogP contribution in [0, 0.1) is 0 Å². The zero-order chi connectivity index (χ0) is 27.0. The van der Waals surface area contributed by atoms with Crippen molar-refractivity contribution in [2.75, 3.05) is 6.54 Å². The van der Waals surface area contributed by atoms with Crippen molar-refractivity contribution in [3.63, 3.8) is 0 Å². The van der Waals surface area contributed by atoms with Crippen LogP contribution >= 0.6 is 0 Å². The number of aryl methyl sites for hydroxylation is 1. The fourth-order valence-electron chi connectivity index (χ4n) is 4.20. The molecule has 196 valence electrons. The predicted octanol–water partition coefficient (Wildman–Crippen LogP) is 5.75. The topological polar surface area (TPSA) is 83.9 Å². The standard InChI is InChI=1S/C27H26F3NO5S/c1-26(2)13-12-21-15-23(10-11-24(21)36-26)37(34,35)31(17-25(32)33)16-18-6-8-19(9-7-18)20-4-3-5-22(14-20)27(28,29)30/h3-11,14-15H,12-13,16-17H2,1-2H3,(H,32,33). The molecule has 1 N–H and O–H groups in total. The Balaban J connectivity index is 1.59. The van der Waals surface area contributed by atoms with E-state index in [-0.39, 0.29) is 17.0 Å². The first-order valence-corrected chi connectivity index (χ1v) is 13.0. The lowest BCUT2D eigenvalue weighted by Gasteiger charge is -2.33. The van der Waals surface area contributed by atoms with E-state index in [0.717, 1.165) is 22.0 Å². The first kappa shape index (κ1) is 26.7. The molecule has 0 fully saturated rings. The first-order valence-electron chi connectivity index (χ1n) is 11.6. The van der Waals surface area contributed by atoms with E-state index in [1.54, 1.807) is 36.4 Å². The SMILES string of the molecule is CC1(C)CCc2cc(S(=O)(=O)N(CC(=O)O)Cc3ccc(-c4cccc(C(F)(F)F)c4)cc3)ccc2O1. The molecule has 0 atom stereocenters. The van der Waals surface area contributed by atoms with Crippen molar-refractivity contribution in [2.24, 2.45) is 0 Å². The summed E-state index contributed by atoms with van der Waals surface area (Å²) in [6.07, 6.45) is -3.14. The van der Waals surface area contributed by atoms with Gasteiger partial charge in [-0.2, -0.15) is 17.5 Å². The van der Waals surface area contributed by atoms with Gasteiger partial charge in [0.15, 0.2) is 0 Å². The van der Waals surface area contributed by atoms with Gasteiger partial charge in [-0.25, -0.2) is 8.42 Å². The summed E-state index contributed by atoms with van der Waals surface area (Å²) in [6, 6.07) is 15.7. The monoisotopic (exact) mass is 533 g/mol. The second-order valence-electron chi connectivity index (χ2n) is 9.57. The van der Waals surface area contributed by atoms with Crippen molar-refractivity contribution in [1.82, 2.24) is 4.31 Å². The zero-order valence-electron chi connectivity index (χ0n) is 20.2. The number of alkyl halides is 3. The normalized spacial score (nSPS) is 15.2. The van der Waals surface area contributed by atoms with Crippen LogP contribution in [0.15, 0.2) is 71.6 Å². The highest BCUT2D eigenvalue weighted by molar-refractivity contribution is 7.89. The van der Waals surface area contributed by atoms with Crippen LogP contribution in [-0.2, 0) is 34.0 Å². The van der Waals surface area contributed by atoms with Crippen LogP contribution in [0.25, 0.3) is 11.1 Å². The van der Waals surface area contributed by atoms with E-state index in [1.165, 1.54) is 18.2 Å². The highest BCUT2D eigenvalue weighted by Gasteiger charge is 2.32. The Bertz CT molecular complexity index is 1420. The lowest BCUT2D eigenvalue weighted by atomic mass is 9.94. The van der Waals surface area contributed by atoms with E-state index in [2.05, 4.69) is 0 Å². The molecule has 37 heavy (non-hydrogen) atoms. The quantitative estimate of drug-likeness (QED) is 0.418. The van der Waals surface area contributed by atoms with Crippen molar-refractivity contribution in [3.8, 4) is 16.9 Å². The number of aliphatic carboxylic acids is 1. The predicted molar refractivity (Wildman–Crippen MR) is 132 cm³/mol. The minimum absolute atomic E-state index is 0.0311. The number of fused-ring (bicyclic) bond motifs is 1. The van der Waals surface area contributed by atoms with Crippen molar-refractivity contribution in [3.05, 3.63) is 83.4 Å². The first-order chi connectivity index (χ1) is 17.2. The molecule has 0 bridgehead atoms. The molecule has 0 spiro atoms. The number of carboxylic acid groups (broad SMARTS) is 1. The second kappa shape index (κ2) is 9.83. The minimum atomic E-state index is -4.47. The zero-order valence-corrected chi connectivity index (χ0v) is 21.1. The van der Waals surface area contributed by atoms with Gasteiger partial charge in [-0.1, -0.05) is 36.4 Å². The van der Waals surface area contributed by atoms with Crippen molar-refractivity contribution >= 4 is 16.0 Å².